The summed E-state index contributed by atoms with van der Waals surface area (Å²) in [5, 5.41) is 0. The van der Waals surface area contributed by atoms with Crippen LogP contribution < -0.4 is 0 Å². The molecule has 1 saturated heterocycles. The van der Waals surface area contributed by atoms with Crippen LogP contribution in [0.4, 0.5) is 4.39 Å². The number of ether oxygens (including phenoxy) is 5. The van der Waals surface area contributed by atoms with E-state index in [1.165, 1.54) is 48.5 Å². The van der Waals surface area contributed by atoms with E-state index in [-0.39, 0.29) is 22.3 Å². The highest BCUT2D eigenvalue weighted by molar-refractivity contribution is 5.91. The van der Waals surface area contributed by atoms with Gasteiger partial charge < -0.3 is 23.7 Å². The summed E-state index contributed by atoms with van der Waals surface area (Å²) in [5.41, 5.74) is 0.566. The largest absolute Gasteiger partial charge is 0.459 e. The van der Waals surface area contributed by atoms with Crippen molar-refractivity contribution >= 4 is 23.9 Å². The van der Waals surface area contributed by atoms with Crippen molar-refractivity contribution in [1.29, 1.82) is 0 Å². The second-order valence-corrected chi connectivity index (χ2v) is 9.70. The van der Waals surface area contributed by atoms with E-state index in [9.17, 15) is 19.2 Å². The average Bonchev–Trinajstić information content (AvgIpc) is 3.08. The first kappa shape index (κ1) is 30.1. The van der Waals surface area contributed by atoms with Crippen LogP contribution in [-0.4, -0.2) is 61.3 Å². The highest BCUT2D eigenvalue weighted by Crippen LogP contribution is 2.31. The number of halogens is 1. The minimum Gasteiger partial charge on any atom is -0.459 e. The number of rotatable bonds is 9. The summed E-state index contributed by atoms with van der Waals surface area (Å²) in [6, 6.07) is 31.5. The van der Waals surface area contributed by atoms with Gasteiger partial charge in [0, 0.05) is 0 Å². The van der Waals surface area contributed by atoms with Gasteiger partial charge in [-0.25, -0.2) is 23.6 Å². The van der Waals surface area contributed by atoms with Crippen molar-refractivity contribution in [1.82, 2.24) is 0 Å². The lowest BCUT2D eigenvalue weighted by Gasteiger charge is -2.41. The lowest BCUT2D eigenvalue weighted by atomic mass is 9.99. The molecule has 0 aliphatic carbocycles. The Hall–Kier alpha value is -5.35. The molecule has 1 aliphatic rings. The van der Waals surface area contributed by atoms with Crippen LogP contribution in [0.1, 0.15) is 41.4 Å². The summed E-state index contributed by atoms with van der Waals surface area (Å²) >= 11 is 0. The van der Waals surface area contributed by atoms with Gasteiger partial charge in [0.2, 0.25) is 12.4 Å². The van der Waals surface area contributed by atoms with Gasteiger partial charge in [-0.1, -0.05) is 72.8 Å². The molecule has 0 bridgehead atoms. The van der Waals surface area contributed by atoms with Gasteiger partial charge in [0.15, 0.2) is 12.3 Å². The molecule has 0 saturated carbocycles. The lowest BCUT2D eigenvalue weighted by Crippen LogP contribution is -2.61. The summed E-state index contributed by atoms with van der Waals surface area (Å²) in [7, 11) is 0. The number of esters is 4. The van der Waals surface area contributed by atoms with Gasteiger partial charge in [0.25, 0.3) is 0 Å². The minimum atomic E-state index is -2.17. The Morgan fingerprint density at radius 3 is 1.32 bits per heavy atom. The van der Waals surface area contributed by atoms with E-state index in [1.54, 1.807) is 72.8 Å². The van der Waals surface area contributed by atoms with Crippen LogP contribution in [0.15, 0.2) is 121 Å². The predicted molar refractivity (Wildman–Crippen MR) is 153 cm³/mol. The van der Waals surface area contributed by atoms with Gasteiger partial charge in [-0.3, -0.25) is 0 Å². The highest BCUT2D eigenvalue weighted by Gasteiger charge is 2.53. The molecule has 44 heavy (non-hydrogen) atoms. The zero-order valence-electron chi connectivity index (χ0n) is 23.2. The van der Waals surface area contributed by atoms with E-state index >= 15 is 4.39 Å². The number of benzene rings is 4. The highest BCUT2D eigenvalue weighted by atomic mass is 19.1. The second-order valence-electron chi connectivity index (χ2n) is 9.70. The van der Waals surface area contributed by atoms with E-state index in [1.807, 2.05) is 0 Å². The Kier molecular flexibility index (Phi) is 9.73. The molecule has 0 aromatic heterocycles. The van der Waals surface area contributed by atoms with E-state index < -0.39 is 61.3 Å². The molecule has 5 rings (SSSR count). The van der Waals surface area contributed by atoms with Crippen molar-refractivity contribution in [3.05, 3.63) is 144 Å². The molecule has 9 nitrogen and oxygen atoms in total. The maximum Gasteiger partial charge on any atom is 0.340 e. The molecule has 1 fully saturated rings. The molecule has 1 heterocycles. The molecular weight excluding hydrogens is 571 g/mol. The van der Waals surface area contributed by atoms with E-state index in [2.05, 4.69) is 0 Å². The third-order valence-corrected chi connectivity index (χ3v) is 6.70. The minimum absolute atomic E-state index is 0.101. The number of hydrogen-bond donors (Lipinski definition) is 0. The second kappa shape index (κ2) is 14.2. The predicted octanol–water partition coefficient (Wildman–Crippen LogP) is 5.21. The lowest BCUT2D eigenvalue weighted by molar-refractivity contribution is -0.272. The summed E-state index contributed by atoms with van der Waals surface area (Å²) < 4.78 is 44.1. The van der Waals surface area contributed by atoms with Crippen LogP contribution in [-0.2, 0) is 23.7 Å². The van der Waals surface area contributed by atoms with Crippen LogP contribution >= 0.6 is 0 Å². The summed E-state index contributed by atoms with van der Waals surface area (Å²) in [6.45, 7) is -0.632. The van der Waals surface area contributed by atoms with Crippen LogP contribution in [0.5, 0.6) is 0 Å². The Morgan fingerprint density at radius 1 is 0.523 bits per heavy atom. The average molecular weight is 599 g/mol. The molecule has 0 radical (unpaired) electrons. The van der Waals surface area contributed by atoms with Gasteiger partial charge in [-0.15, -0.1) is 0 Å². The summed E-state index contributed by atoms with van der Waals surface area (Å²) in [4.78, 5) is 51.9. The molecule has 0 N–H and O–H groups in total. The number of carbonyl (C=O) groups is 4. The molecule has 10 heteroatoms. The fourth-order valence-electron chi connectivity index (χ4n) is 4.45. The molecule has 5 atom stereocenters. The van der Waals surface area contributed by atoms with Crippen LogP contribution in [0.25, 0.3) is 0 Å². The van der Waals surface area contributed by atoms with E-state index in [0.717, 1.165) is 0 Å². The molecule has 1 unspecified atom stereocenters. The maximum atomic E-state index is 16.3. The number of carbonyl (C=O) groups excluding carboxylic acids is 4. The van der Waals surface area contributed by atoms with Crippen molar-refractivity contribution < 1.29 is 47.3 Å². The fourth-order valence-corrected chi connectivity index (χ4v) is 4.45. The Morgan fingerprint density at radius 2 is 0.886 bits per heavy atom. The Balaban J connectivity index is 1.46. The third-order valence-electron chi connectivity index (χ3n) is 6.70. The Bertz CT molecular complexity index is 1570. The van der Waals surface area contributed by atoms with Crippen molar-refractivity contribution in [3.63, 3.8) is 0 Å². The van der Waals surface area contributed by atoms with Gasteiger partial charge in [0.05, 0.1) is 22.3 Å². The zero-order valence-corrected chi connectivity index (χ0v) is 23.2. The molecular formula is C34H27FO9. The smallest absolute Gasteiger partial charge is 0.340 e. The van der Waals surface area contributed by atoms with Crippen LogP contribution in [0.2, 0.25) is 0 Å². The third kappa shape index (κ3) is 7.34. The zero-order chi connectivity index (χ0) is 30.9. The van der Waals surface area contributed by atoms with Crippen LogP contribution in [0.3, 0.4) is 0 Å². The molecule has 4 aromatic rings. The van der Waals surface area contributed by atoms with Gasteiger partial charge in [-0.2, -0.15) is 0 Å². The molecule has 4 aromatic carbocycles. The van der Waals surface area contributed by atoms with E-state index in [0.29, 0.717) is 0 Å². The molecule has 1 aliphatic heterocycles. The van der Waals surface area contributed by atoms with Crippen molar-refractivity contribution in [2.24, 2.45) is 0 Å². The van der Waals surface area contributed by atoms with Gasteiger partial charge in [-0.05, 0) is 48.5 Å². The molecule has 0 spiro atoms. The molecule has 0 amide bonds. The van der Waals surface area contributed by atoms with Gasteiger partial charge >= 0.3 is 23.9 Å². The summed E-state index contributed by atoms with van der Waals surface area (Å²) in [6.07, 6.45) is -9.06. The fraction of sp³-hybridized carbons (Fsp3) is 0.176. The monoisotopic (exact) mass is 598 g/mol. The first-order chi connectivity index (χ1) is 21.4. The van der Waals surface area contributed by atoms with Crippen LogP contribution in [0, 0.1) is 0 Å². The van der Waals surface area contributed by atoms with Crippen molar-refractivity contribution in [2.45, 2.75) is 30.8 Å². The van der Waals surface area contributed by atoms with Gasteiger partial charge in [0.1, 0.15) is 12.7 Å². The van der Waals surface area contributed by atoms with Crippen molar-refractivity contribution in [2.75, 3.05) is 6.61 Å². The summed E-state index contributed by atoms with van der Waals surface area (Å²) in [5.74, 6) is -3.45. The normalized spacial score (nSPS) is 21.0. The molecule has 224 valence electrons. The first-order valence-electron chi connectivity index (χ1n) is 13.7. The number of alkyl halides is 1. The maximum absolute atomic E-state index is 16.3. The topological polar surface area (TPSA) is 114 Å². The quantitative estimate of drug-likeness (QED) is 0.189. The SMILES string of the molecule is O=C(OC[C@H]1OC(OC(=O)c2ccccc2)[C@@H](OC(=O)c2ccccc2)[C@@H](OC(=O)c2ccccc2)[C@@H]1F)c1ccccc1. The first-order valence-corrected chi connectivity index (χ1v) is 13.7. The van der Waals surface area contributed by atoms with Crippen molar-refractivity contribution in [3.8, 4) is 0 Å². The Labute approximate surface area is 252 Å². The number of hydrogen-bond acceptors (Lipinski definition) is 9. The van der Waals surface area contributed by atoms with E-state index in [4.69, 9.17) is 23.7 Å². The standard InChI is InChI=1S/C34H27FO9/c35-27-26(21-40-30(36)22-13-5-1-6-14-22)41-34(44-33(39)25-19-11-4-12-20-25)29(43-32(38)24-17-9-3-10-18-24)28(27)42-31(37)23-15-7-2-8-16-23/h1-20,26-29,34H,21H2/t26-,27-,28+,29+,34?/m1/s1.